The van der Waals surface area contributed by atoms with Gasteiger partial charge in [0.15, 0.2) is 0 Å². The maximum atomic E-state index is 4.83. The fraction of sp³-hybridized carbons (Fsp3) is 0.143. The van der Waals surface area contributed by atoms with Gasteiger partial charge < -0.3 is 0 Å². The summed E-state index contributed by atoms with van der Waals surface area (Å²) >= 11 is 1.75. The lowest BCUT2D eigenvalue weighted by Gasteiger charge is -2.13. The van der Waals surface area contributed by atoms with Crippen LogP contribution in [0.15, 0.2) is 79.1 Å². The Hall–Kier alpha value is -3.30. The zero-order valence-electron chi connectivity index (χ0n) is 17.6. The van der Waals surface area contributed by atoms with Gasteiger partial charge in [-0.3, -0.25) is 0 Å². The summed E-state index contributed by atoms with van der Waals surface area (Å²) in [5, 5.41) is 7.57. The first-order valence-electron chi connectivity index (χ1n) is 10.8. The topological polar surface area (TPSA) is 25.8 Å². The van der Waals surface area contributed by atoms with Crippen molar-refractivity contribution in [2.24, 2.45) is 5.92 Å². The molecule has 0 aliphatic heterocycles. The minimum absolute atomic E-state index is 0.593. The average molecular weight is 419 g/mol. The molecule has 150 valence electrons. The van der Waals surface area contributed by atoms with Crippen molar-refractivity contribution in [1.29, 1.82) is 0 Å². The van der Waals surface area contributed by atoms with E-state index >= 15 is 0 Å². The number of hydrogen-bond donors (Lipinski definition) is 0. The molecular formula is C28H22N2S. The molecule has 0 N–H and O–H groups in total. The van der Waals surface area contributed by atoms with E-state index in [9.17, 15) is 0 Å². The summed E-state index contributed by atoms with van der Waals surface area (Å²) in [5.41, 5.74) is 3.59. The number of aromatic nitrogens is 2. The van der Waals surface area contributed by atoms with Crippen LogP contribution in [0.25, 0.3) is 53.1 Å². The van der Waals surface area contributed by atoms with E-state index in [0.29, 0.717) is 5.92 Å². The number of rotatable bonds is 3. The van der Waals surface area contributed by atoms with Crippen molar-refractivity contribution in [3.05, 3.63) is 84.7 Å². The summed E-state index contributed by atoms with van der Waals surface area (Å²) in [7, 11) is 0. The van der Waals surface area contributed by atoms with Crippen LogP contribution < -0.4 is 0 Å². The lowest BCUT2D eigenvalue weighted by molar-refractivity contribution is 0.650. The molecule has 3 heteroatoms. The van der Waals surface area contributed by atoms with Crippen molar-refractivity contribution in [3.63, 3.8) is 0 Å². The van der Waals surface area contributed by atoms with Crippen LogP contribution in [0.1, 0.15) is 19.4 Å². The summed E-state index contributed by atoms with van der Waals surface area (Å²) < 4.78 is 1.26. The minimum atomic E-state index is 0.593. The van der Waals surface area contributed by atoms with E-state index in [1.54, 1.807) is 17.7 Å². The quantitative estimate of drug-likeness (QED) is 0.291. The summed E-state index contributed by atoms with van der Waals surface area (Å²) in [6, 6.07) is 26.4. The second kappa shape index (κ2) is 7.14. The van der Waals surface area contributed by atoms with Gasteiger partial charge in [-0.1, -0.05) is 68.4 Å². The van der Waals surface area contributed by atoms with Gasteiger partial charge in [0.05, 0.1) is 5.69 Å². The van der Waals surface area contributed by atoms with Gasteiger partial charge in [-0.15, -0.1) is 11.3 Å². The number of fused-ring (bicyclic) bond motifs is 6. The predicted molar refractivity (Wildman–Crippen MR) is 134 cm³/mol. The van der Waals surface area contributed by atoms with Crippen LogP contribution in [0.3, 0.4) is 0 Å². The third kappa shape index (κ3) is 3.00. The molecule has 6 aromatic rings. The van der Waals surface area contributed by atoms with E-state index in [-0.39, 0.29) is 0 Å². The largest absolute Gasteiger partial charge is 0.236 e. The van der Waals surface area contributed by atoms with Gasteiger partial charge in [0, 0.05) is 21.0 Å². The molecule has 0 aliphatic rings. The summed E-state index contributed by atoms with van der Waals surface area (Å²) in [4.78, 5) is 10.5. The second-order valence-electron chi connectivity index (χ2n) is 8.62. The third-order valence-electron chi connectivity index (χ3n) is 6.01. The fourth-order valence-electron chi connectivity index (χ4n) is 4.73. The Morgan fingerprint density at radius 1 is 0.774 bits per heavy atom. The van der Waals surface area contributed by atoms with Gasteiger partial charge in [0.1, 0.15) is 11.2 Å². The molecular weight excluding hydrogens is 396 g/mol. The van der Waals surface area contributed by atoms with Crippen molar-refractivity contribution in [3.8, 4) is 11.3 Å². The Morgan fingerprint density at radius 2 is 1.55 bits per heavy atom. The lowest BCUT2D eigenvalue weighted by Crippen LogP contribution is -1.97. The van der Waals surface area contributed by atoms with E-state index in [4.69, 9.17) is 4.98 Å². The predicted octanol–water partition coefficient (Wildman–Crippen LogP) is 8.02. The molecule has 0 saturated carbocycles. The van der Waals surface area contributed by atoms with Crippen LogP contribution in [-0.2, 0) is 6.42 Å². The molecule has 0 unspecified atom stereocenters. The molecule has 2 aromatic heterocycles. The van der Waals surface area contributed by atoms with E-state index in [1.807, 2.05) is 0 Å². The van der Waals surface area contributed by atoms with Crippen molar-refractivity contribution >= 4 is 53.2 Å². The van der Waals surface area contributed by atoms with E-state index in [0.717, 1.165) is 16.9 Å². The van der Waals surface area contributed by atoms with Gasteiger partial charge in [-0.05, 0) is 57.6 Å². The molecule has 0 amide bonds. The third-order valence-corrected chi connectivity index (χ3v) is 7.07. The highest BCUT2D eigenvalue weighted by molar-refractivity contribution is 7.25. The van der Waals surface area contributed by atoms with Crippen molar-refractivity contribution < 1.29 is 0 Å². The first-order chi connectivity index (χ1) is 15.2. The summed E-state index contributed by atoms with van der Waals surface area (Å²) in [6.45, 7) is 4.56. The van der Waals surface area contributed by atoms with Gasteiger partial charge >= 0.3 is 0 Å². The normalized spacial score (nSPS) is 12.0. The highest BCUT2D eigenvalue weighted by Crippen LogP contribution is 2.42. The molecule has 0 saturated heterocycles. The molecule has 2 nitrogen and oxygen atoms in total. The summed E-state index contributed by atoms with van der Waals surface area (Å²) in [5.74, 6) is 0.593. The Kier molecular flexibility index (Phi) is 4.25. The Morgan fingerprint density at radius 3 is 2.39 bits per heavy atom. The monoisotopic (exact) mass is 418 g/mol. The average Bonchev–Trinajstić information content (AvgIpc) is 3.18. The van der Waals surface area contributed by atoms with Crippen molar-refractivity contribution in [2.75, 3.05) is 0 Å². The molecule has 0 radical (unpaired) electrons. The molecule has 6 rings (SSSR count). The van der Waals surface area contributed by atoms with Gasteiger partial charge in [-0.2, -0.15) is 0 Å². The second-order valence-corrected chi connectivity index (χ2v) is 9.65. The Labute approximate surface area is 185 Å². The number of nitrogens with zero attached hydrogens (tertiary/aromatic N) is 2. The first kappa shape index (κ1) is 18.5. The van der Waals surface area contributed by atoms with Gasteiger partial charge in [-0.25, -0.2) is 9.97 Å². The Bertz CT molecular complexity index is 1590. The number of thiophene rings is 1. The molecule has 0 spiro atoms. The highest BCUT2D eigenvalue weighted by atomic mass is 32.1. The lowest BCUT2D eigenvalue weighted by atomic mass is 9.92. The summed E-state index contributed by atoms with van der Waals surface area (Å²) in [6.07, 6.45) is 2.77. The van der Waals surface area contributed by atoms with E-state index in [1.165, 1.54) is 48.1 Å². The zero-order chi connectivity index (χ0) is 20.9. The Balaban J connectivity index is 1.72. The smallest absolute Gasteiger partial charge is 0.128 e. The van der Waals surface area contributed by atoms with Crippen LogP contribution >= 0.6 is 11.3 Å². The maximum absolute atomic E-state index is 4.83. The van der Waals surface area contributed by atoms with Crippen LogP contribution in [0.2, 0.25) is 0 Å². The zero-order valence-corrected chi connectivity index (χ0v) is 18.4. The first-order valence-corrected chi connectivity index (χ1v) is 11.6. The highest BCUT2D eigenvalue weighted by Gasteiger charge is 2.17. The molecule has 0 bridgehead atoms. The molecule has 2 heterocycles. The van der Waals surface area contributed by atoms with Crippen LogP contribution in [-0.4, -0.2) is 9.97 Å². The number of benzene rings is 4. The van der Waals surface area contributed by atoms with Gasteiger partial charge in [0.25, 0.3) is 0 Å². The van der Waals surface area contributed by atoms with E-state index in [2.05, 4.69) is 91.6 Å². The van der Waals surface area contributed by atoms with Crippen molar-refractivity contribution in [1.82, 2.24) is 9.97 Å². The number of hydrogen-bond acceptors (Lipinski definition) is 3. The molecule has 0 fully saturated rings. The maximum Gasteiger partial charge on any atom is 0.128 e. The van der Waals surface area contributed by atoms with E-state index < -0.39 is 0 Å². The van der Waals surface area contributed by atoms with Gasteiger partial charge in [0.2, 0.25) is 0 Å². The van der Waals surface area contributed by atoms with Crippen LogP contribution in [0.4, 0.5) is 0 Å². The van der Waals surface area contributed by atoms with Crippen LogP contribution in [0.5, 0.6) is 0 Å². The van der Waals surface area contributed by atoms with Crippen molar-refractivity contribution in [2.45, 2.75) is 20.3 Å². The van der Waals surface area contributed by atoms with Crippen LogP contribution in [0, 0.1) is 5.92 Å². The molecule has 0 aliphatic carbocycles. The fourth-order valence-corrected chi connectivity index (χ4v) is 5.78. The molecule has 0 atom stereocenters. The minimum Gasteiger partial charge on any atom is -0.236 e. The SMILES string of the molecule is CC(C)Cc1cc(-c2ncnc3sc4ccc5ccccc5c4c23)cc2ccccc12. The molecule has 4 aromatic carbocycles. The molecule has 31 heavy (non-hydrogen) atoms. The standard InChI is InChI=1S/C28H22N2S/c1-17(2)13-20-15-21(14-19-8-4-5-9-22(19)20)27-26-25-23-10-6-3-7-18(23)11-12-24(25)31-28(26)30-16-29-27/h3-12,14-17H,13H2,1-2H3.